The number of nitrogens with one attached hydrogen (secondary N) is 3. The molecule has 5 nitrogen and oxygen atoms in total. The van der Waals surface area contributed by atoms with Gasteiger partial charge in [0.2, 0.25) is 0 Å². The van der Waals surface area contributed by atoms with Gasteiger partial charge in [0.25, 0.3) is 0 Å². The molecular formula is C13H17N3O2S. The van der Waals surface area contributed by atoms with Gasteiger partial charge in [0.05, 0.1) is 0 Å². The number of aromatic nitrogens is 2. The SMILES string of the molecule is CCNc1cccc(OCSCc2c[nH]c(=O)[nH]2)c1. The summed E-state index contributed by atoms with van der Waals surface area (Å²) in [6.07, 6.45) is 1.68. The van der Waals surface area contributed by atoms with Crippen molar-refractivity contribution in [2.45, 2.75) is 12.7 Å². The molecule has 0 saturated carbocycles. The summed E-state index contributed by atoms with van der Waals surface area (Å²) < 4.78 is 5.64. The Morgan fingerprint density at radius 1 is 1.42 bits per heavy atom. The van der Waals surface area contributed by atoms with Crippen molar-refractivity contribution in [2.24, 2.45) is 0 Å². The van der Waals surface area contributed by atoms with Gasteiger partial charge in [0.15, 0.2) is 0 Å². The molecule has 102 valence electrons. The molecule has 19 heavy (non-hydrogen) atoms. The van der Waals surface area contributed by atoms with Gasteiger partial charge >= 0.3 is 5.69 Å². The Bertz CT molecular complexity index is 565. The third kappa shape index (κ3) is 4.40. The average Bonchev–Trinajstić information content (AvgIpc) is 2.82. The lowest BCUT2D eigenvalue weighted by Gasteiger charge is -2.08. The van der Waals surface area contributed by atoms with Crippen LogP contribution in [0.2, 0.25) is 0 Å². The van der Waals surface area contributed by atoms with E-state index in [-0.39, 0.29) is 5.69 Å². The lowest BCUT2D eigenvalue weighted by molar-refractivity contribution is 0.393. The van der Waals surface area contributed by atoms with Crippen LogP contribution in [-0.4, -0.2) is 22.5 Å². The Hall–Kier alpha value is -1.82. The van der Waals surface area contributed by atoms with Gasteiger partial charge < -0.3 is 20.0 Å². The lowest BCUT2D eigenvalue weighted by atomic mass is 10.3. The second-order valence-corrected chi connectivity index (χ2v) is 4.87. The van der Waals surface area contributed by atoms with Crippen molar-refractivity contribution in [1.82, 2.24) is 9.97 Å². The highest BCUT2D eigenvalue weighted by molar-refractivity contribution is 7.98. The summed E-state index contributed by atoms with van der Waals surface area (Å²) in [6.45, 7) is 2.94. The minimum absolute atomic E-state index is 0.171. The molecule has 0 aliphatic carbocycles. The largest absolute Gasteiger partial charge is 0.483 e. The third-order valence-corrected chi connectivity index (χ3v) is 3.23. The Balaban J connectivity index is 1.76. The first-order valence-electron chi connectivity index (χ1n) is 6.09. The van der Waals surface area contributed by atoms with Crippen LogP contribution in [0.4, 0.5) is 5.69 Å². The first-order chi connectivity index (χ1) is 9.28. The van der Waals surface area contributed by atoms with Crippen LogP contribution in [0.25, 0.3) is 0 Å². The summed E-state index contributed by atoms with van der Waals surface area (Å²) in [5.74, 6) is 2.10. The fraction of sp³-hybridized carbons (Fsp3) is 0.308. The maximum Gasteiger partial charge on any atom is 0.323 e. The predicted octanol–water partition coefficient (Wildman–Crippen LogP) is 2.40. The Morgan fingerprint density at radius 2 is 2.32 bits per heavy atom. The molecule has 0 amide bonds. The van der Waals surface area contributed by atoms with Gasteiger partial charge in [-0.3, -0.25) is 0 Å². The smallest absolute Gasteiger partial charge is 0.323 e. The van der Waals surface area contributed by atoms with Crippen LogP contribution in [0.3, 0.4) is 0 Å². The standard InChI is InChI=1S/C13H17N3O2S/c1-2-14-10-4-3-5-12(6-10)18-9-19-8-11-7-15-13(17)16-11/h3-7,14H,2,8-9H2,1H3,(H2,15,16,17). The van der Waals surface area contributed by atoms with Gasteiger partial charge in [-0.2, -0.15) is 0 Å². The number of aromatic amines is 2. The maximum absolute atomic E-state index is 10.9. The highest BCUT2D eigenvalue weighted by atomic mass is 32.2. The molecule has 0 unspecified atom stereocenters. The molecule has 0 aliphatic heterocycles. The number of hydrogen-bond acceptors (Lipinski definition) is 4. The monoisotopic (exact) mass is 279 g/mol. The van der Waals surface area contributed by atoms with E-state index in [9.17, 15) is 4.79 Å². The van der Waals surface area contributed by atoms with Crippen LogP contribution in [-0.2, 0) is 5.75 Å². The summed E-state index contributed by atoms with van der Waals surface area (Å²) in [4.78, 5) is 16.2. The van der Waals surface area contributed by atoms with Crippen molar-refractivity contribution in [1.29, 1.82) is 0 Å². The maximum atomic E-state index is 10.9. The highest BCUT2D eigenvalue weighted by Crippen LogP contribution is 2.19. The molecule has 1 aromatic carbocycles. The topological polar surface area (TPSA) is 69.9 Å². The molecule has 6 heteroatoms. The number of thioether (sulfide) groups is 1. The number of imidazole rings is 1. The number of ether oxygens (including phenoxy) is 1. The highest BCUT2D eigenvalue weighted by Gasteiger charge is 1.98. The van der Waals surface area contributed by atoms with Crippen molar-refractivity contribution in [3.63, 3.8) is 0 Å². The van der Waals surface area contributed by atoms with Gasteiger partial charge in [-0.05, 0) is 19.1 Å². The summed E-state index contributed by atoms with van der Waals surface area (Å²) in [7, 11) is 0. The Morgan fingerprint density at radius 3 is 3.05 bits per heavy atom. The molecular weight excluding hydrogens is 262 g/mol. The molecule has 0 fully saturated rings. The van der Waals surface area contributed by atoms with Gasteiger partial charge in [0, 0.05) is 35.9 Å². The quantitative estimate of drug-likeness (QED) is 0.537. The Labute approximate surface area is 115 Å². The fourth-order valence-electron chi connectivity index (χ4n) is 1.61. The van der Waals surface area contributed by atoms with Crippen LogP contribution in [0.1, 0.15) is 12.6 Å². The van der Waals surface area contributed by atoms with E-state index in [4.69, 9.17) is 4.74 Å². The molecule has 0 radical (unpaired) electrons. The minimum atomic E-state index is -0.171. The zero-order valence-corrected chi connectivity index (χ0v) is 11.5. The van der Waals surface area contributed by atoms with Gasteiger partial charge in [-0.1, -0.05) is 6.07 Å². The molecule has 1 heterocycles. The van der Waals surface area contributed by atoms with E-state index in [0.29, 0.717) is 11.7 Å². The van der Waals surface area contributed by atoms with E-state index >= 15 is 0 Å². The normalized spacial score (nSPS) is 10.4. The van der Waals surface area contributed by atoms with Crippen LogP contribution in [0.5, 0.6) is 5.75 Å². The number of benzene rings is 1. The van der Waals surface area contributed by atoms with E-state index in [2.05, 4.69) is 22.2 Å². The number of anilines is 1. The molecule has 0 saturated heterocycles. The summed E-state index contributed by atoms with van der Waals surface area (Å²) in [6, 6.07) is 7.87. The number of hydrogen-bond donors (Lipinski definition) is 3. The summed E-state index contributed by atoms with van der Waals surface area (Å²) in [5.41, 5.74) is 1.76. The van der Waals surface area contributed by atoms with Gasteiger partial charge in [0.1, 0.15) is 11.7 Å². The van der Waals surface area contributed by atoms with Crippen molar-refractivity contribution in [2.75, 3.05) is 17.8 Å². The second kappa shape index (κ2) is 6.94. The molecule has 0 aliphatic rings. The summed E-state index contributed by atoms with van der Waals surface area (Å²) in [5, 5.41) is 3.24. The van der Waals surface area contributed by atoms with E-state index in [1.54, 1.807) is 18.0 Å². The molecule has 1 aromatic heterocycles. The van der Waals surface area contributed by atoms with Gasteiger partial charge in [-0.25, -0.2) is 4.79 Å². The summed E-state index contributed by atoms with van der Waals surface area (Å²) >= 11 is 1.60. The van der Waals surface area contributed by atoms with E-state index in [1.165, 1.54) is 0 Å². The first-order valence-corrected chi connectivity index (χ1v) is 7.24. The van der Waals surface area contributed by atoms with Crippen molar-refractivity contribution < 1.29 is 4.74 Å². The molecule has 3 N–H and O–H groups in total. The van der Waals surface area contributed by atoms with Crippen LogP contribution in [0.15, 0.2) is 35.3 Å². The second-order valence-electron chi connectivity index (χ2n) is 3.94. The number of H-pyrrole nitrogens is 2. The molecule has 0 bridgehead atoms. The minimum Gasteiger partial charge on any atom is -0.483 e. The first kappa shape index (κ1) is 13.6. The Kier molecular flexibility index (Phi) is 4.97. The fourth-order valence-corrected chi connectivity index (χ4v) is 2.29. The van der Waals surface area contributed by atoms with E-state index in [1.807, 2.05) is 24.3 Å². The average molecular weight is 279 g/mol. The van der Waals surface area contributed by atoms with Crippen molar-refractivity contribution in [3.05, 3.63) is 46.6 Å². The van der Waals surface area contributed by atoms with Crippen molar-refractivity contribution >= 4 is 17.4 Å². The lowest BCUT2D eigenvalue weighted by Crippen LogP contribution is -2.01. The molecule has 0 atom stereocenters. The number of rotatable bonds is 7. The molecule has 2 rings (SSSR count). The van der Waals surface area contributed by atoms with Crippen molar-refractivity contribution in [3.8, 4) is 5.75 Å². The van der Waals surface area contributed by atoms with Crippen LogP contribution in [0, 0.1) is 0 Å². The predicted molar refractivity (Wildman–Crippen MR) is 78.8 cm³/mol. The van der Waals surface area contributed by atoms with Crippen LogP contribution < -0.4 is 15.7 Å². The van der Waals surface area contributed by atoms with Gasteiger partial charge in [-0.15, -0.1) is 11.8 Å². The zero-order valence-electron chi connectivity index (χ0n) is 10.7. The van der Waals surface area contributed by atoms with E-state index in [0.717, 1.165) is 23.7 Å². The van der Waals surface area contributed by atoms with Crippen LogP contribution >= 0.6 is 11.8 Å². The molecule has 0 spiro atoms. The zero-order chi connectivity index (χ0) is 13.5. The third-order valence-electron chi connectivity index (χ3n) is 2.43. The van der Waals surface area contributed by atoms with E-state index < -0.39 is 0 Å². The molecule has 2 aromatic rings.